The summed E-state index contributed by atoms with van der Waals surface area (Å²) in [7, 11) is 0. The van der Waals surface area contributed by atoms with Crippen molar-refractivity contribution in [3.05, 3.63) is 64.7 Å². The Balaban J connectivity index is 2.20. The quantitative estimate of drug-likeness (QED) is 0.830. The average Bonchev–Trinajstić information content (AvgIpc) is 2.39. The molecule has 4 N–H and O–H groups in total. The topological polar surface area (TPSA) is 52.0 Å². The molecule has 0 aliphatic heterocycles. The lowest BCUT2D eigenvalue weighted by molar-refractivity contribution is 0.695. The SMILES string of the molecule is NCC(Cc1ccccc1N)c1ccc(Cl)cc1. The largest absolute Gasteiger partial charge is 0.399 e. The van der Waals surface area contributed by atoms with Gasteiger partial charge in [0, 0.05) is 16.6 Å². The molecular formula is C15H17ClN2. The van der Waals surface area contributed by atoms with Gasteiger partial charge >= 0.3 is 0 Å². The molecule has 0 saturated heterocycles. The van der Waals surface area contributed by atoms with Gasteiger partial charge < -0.3 is 11.5 Å². The van der Waals surface area contributed by atoms with Gasteiger partial charge in [-0.15, -0.1) is 0 Å². The minimum absolute atomic E-state index is 0.270. The molecule has 0 saturated carbocycles. The van der Waals surface area contributed by atoms with Crippen LogP contribution in [0.15, 0.2) is 48.5 Å². The zero-order valence-electron chi connectivity index (χ0n) is 10.1. The van der Waals surface area contributed by atoms with E-state index in [-0.39, 0.29) is 5.92 Å². The molecule has 0 fully saturated rings. The van der Waals surface area contributed by atoms with E-state index < -0.39 is 0 Å². The number of nitrogen functional groups attached to an aromatic ring is 1. The summed E-state index contributed by atoms with van der Waals surface area (Å²) in [5.74, 6) is 0.270. The highest BCUT2D eigenvalue weighted by atomic mass is 35.5. The fourth-order valence-electron chi connectivity index (χ4n) is 2.06. The van der Waals surface area contributed by atoms with Crippen LogP contribution in [-0.2, 0) is 6.42 Å². The molecule has 2 rings (SSSR count). The number of hydrogen-bond donors (Lipinski definition) is 2. The van der Waals surface area contributed by atoms with Gasteiger partial charge in [0.15, 0.2) is 0 Å². The van der Waals surface area contributed by atoms with Gasteiger partial charge in [0.1, 0.15) is 0 Å². The van der Waals surface area contributed by atoms with Gasteiger partial charge in [-0.05, 0) is 42.3 Å². The van der Waals surface area contributed by atoms with Crippen LogP contribution in [0.25, 0.3) is 0 Å². The zero-order valence-corrected chi connectivity index (χ0v) is 10.9. The van der Waals surface area contributed by atoms with Crippen molar-refractivity contribution < 1.29 is 0 Å². The molecule has 94 valence electrons. The lowest BCUT2D eigenvalue weighted by Crippen LogP contribution is -2.15. The second-order valence-corrected chi connectivity index (χ2v) is 4.82. The first kappa shape index (κ1) is 12.9. The average molecular weight is 261 g/mol. The maximum atomic E-state index is 5.96. The summed E-state index contributed by atoms with van der Waals surface area (Å²) in [6.45, 7) is 0.593. The number of para-hydroxylation sites is 1. The molecule has 0 bridgehead atoms. The van der Waals surface area contributed by atoms with Crippen molar-refractivity contribution in [1.82, 2.24) is 0 Å². The van der Waals surface area contributed by atoms with Crippen LogP contribution < -0.4 is 11.5 Å². The third-order valence-electron chi connectivity index (χ3n) is 3.15. The van der Waals surface area contributed by atoms with Gasteiger partial charge in [-0.3, -0.25) is 0 Å². The zero-order chi connectivity index (χ0) is 13.0. The molecule has 18 heavy (non-hydrogen) atoms. The van der Waals surface area contributed by atoms with Crippen LogP contribution in [0.1, 0.15) is 17.0 Å². The Morgan fingerprint density at radius 1 is 1.00 bits per heavy atom. The number of nitrogens with two attached hydrogens (primary N) is 2. The van der Waals surface area contributed by atoms with E-state index in [1.165, 1.54) is 5.56 Å². The highest BCUT2D eigenvalue weighted by molar-refractivity contribution is 6.30. The molecule has 0 heterocycles. The second kappa shape index (κ2) is 5.89. The smallest absolute Gasteiger partial charge is 0.0406 e. The molecule has 3 heteroatoms. The molecule has 0 aliphatic rings. The highest BCUT2D eigenvalue weighted by Crippen LogP contribution is 2.24. The molecule has 2 aromatic carbocycles. The van der Waals surface area contributed by atoms with E-state index in [0.717, 1.165) is 22.7 Å². The lowest BCUT2D eigenvalue weighted by atomic mass is 9.91. The van der Waals surface area contributed by atoms with E-state index in [0.29, 0.717) is 6.54 Å². The summed E-state index contributed by atoms with van der Waals surface area (Å²) < 4.78 is 0. The fraction of sp³-hybridized carbons (Fsp3) is 0.200. The van der Waals surface area contributed by atoms with Gasteiger partial charge in [-0.1, -0.05) is 41.9 Å². The molecular weight excluding hydrogens is 244 g/mol. The number of halogens is 1. The van der Waals surface area contributed by atoms with E-state index in [4.69, 9.17) is 23.1 Å². The van der Waals surface area contributed by atoms with Gasteiger partial charge in [0.25, 0.3) is 0 Å². The van der Waals surface area contributed by atoms with Crippen LogP contribution in [0.5, 0.6) is 0 Å². The van der Waals surface area contributed by atoms with Gasteiger partial charge in [0.2, 0.25) is 0 Å². The summed E-state index contributed by atoms with van der Waals surface area (Å²) in [4.78, 5) is 0. The van der Waals surface area contributed by atoms with Crippen molar-refractivity contribution in [2.75, 3.05) is 12.3 Å². The fourth-order valence-corrected chi connectivity index (χ4v) is 2.18. The number of hydrogen-bond acceptors (Lipinski definition) is 2. The Bertz CT molecular complexity index is 508. The van der Waals surface area contributed by atoms with Crippen molar-refractivity contribution in [2.24, 2.45) is 5.73 Å². The second-order valence-electron chi connectivity index (χ2n) is 4.39. The van der Waals surface area contributed by atoms with E-state index >= 15 is 0 Å². The molecule has 1 unspecified atom stereocenters. The first-order valence-electron chi connectivity index (χ1n) is 5.99. The predicted octanol–water partition coefficient (Wildman–Crippen LogP) is 3.21. The maximum Gasteiger partial charge on any atom is 0.0406 e. The van der Waals surface area contributed by atoms with Crippen LogP contribution >= 0.6 is 11.6 Å². The minimum Gasteiger partial charge on any atom is -0.399 e. The van der Waals surface area contributed by atoms with Crippen molar-refractivity contribution >= 4 is 17.3 Å². The third-order valence-corrected chi connectivity index (χ3v) is 3.40. The van der Waals surface area contributed by atoms with Crippen LogP contribution in [-0.4, -0.2) is 6.54 Å². The minimum atomic E-state index is 0.270. The first-order chi connectivity index (χ1) is 8.70. The summed E-state index contributed by atoms with van der Waals surface area (Å²) in [6, 6.07) is 15.8. The van der Waals surface area contributed by atoms with E-state index in [1.807, 2.05) is 48.5 Å². The molecule has 0 amide bonds. The Labute approximate surface area is 113 Å². The van der Waals surface area contributed by atoms with E-state index in [2.05, 4.69) is 0 Å². The molecule has 0 spiro atoms. The summed E-state index contributed by atoms with van der Waals surface area (Å²) in [5.41, 5.74) is 15.0. The van der Waals surface area contributed by atoms with Crippen molar-refractivity contribution in [3.8, 4) is 0 Å². The molecule has 1 atom stereocenters. The molecule has 0 aromatic heterocycles. The molecule has 2 aromatic rings. The van der Waals surface area contributed by atoms with Gasteiger partial charge in [0.05, 0.1) is 0 Å². The lowest BCUT2D eigenvalue weighted by Gasteiger charge is -2.16. The highest BCUT2D eigenvalue weighted by Gasteiger charge is 2.12. The maximum absolute atomic E-state index is 5.96. The third kappa shape index (κ3) is 3.03. The predicted molar refractivity (Wildman–Crippen MR) is 77.8 cm³/mol. The summed E-state index contributed by atoms with van der Waals surface area (Å²) in [5, 5.41) is 0.744. The van der Waals surface area contributed by atoms with E-state index in [9.17, 15) is 0 Å². The van der Waals surface area contributed by atoms with Crippen molar-refractivity contribution in [1.29, 1.82) is 0 Å². The monoisotopic (exact) mass is 260 g/mol. The van der Waals surface area contributed by atoms with E-state index in [1.54, 1.807) is 0 Å². The number of benzene rings is 2. The standard InChI is InChI=1S/C15H17ClN2/c16-14-7-5-11(6-8-14)13(10-17)9-12-3-1-2-4-15(12)18/h1-8,13H,9-10,17-18H2. The van der Waals surface area contributed by atoms with Crippen molar-refractivity contribution in [2.45, 2.75) is 12.3 Å². The molecule has 0 aliphatic carbocycles. The normalized spacial score (nSPS) is 12.3. The Morgan fingerprint density at radius 3 is 2.28 bits per heavy atom. The molecule has 0 radical (unpaired) electrons. The Hall–Kier alpha value is -1.51. The Kier molecular flexibility index (Phi) is 4.24. The number of rotatable bonds is 4. The molecule has 2 nitrogen and oxygen atoms in total. The first-order valence-corrected chi connectivity index (χ1v) is 6.37. The van der Waals surface area contributed by atoms with Gasteiger partial charge in [-0.25, -0.2) is 0 Å². The number of anilines is 1. The Morgan fingerprint density at radius 2 is 1.67 bits per heavy atom. The van der Waals surface area contributed by atoms with Crippen LogP contribution in [0.2, 0.25) is 5.02 Å². The van der Waals surface area contributed by atoms with Gasteiger partial charge in [-0.2, -0.15) is 0 Å². The van der Waals surface area contributed by atoms with Crippen LogP contribution in [0.4, 0.5) is 5.69 Å². The summed E-state index contributed by atoms with van der Waals surface area (Å²) in [6.07, 6.45) is 0.852. The van der Waals surface area contributed by atoms with Crippen LogP contribution in [0, 0.1) is 0 Å². The summed E-state index contributed by atoms with van der Waals surface area (Å²) >= 11 is 5.89. The van der Waals surface area contributed by atoms with Crippen LogP contribution in [0.3, 0.4) is 0 Å². The van der Waals surface area contributed by atoms with Crippen molar-refractivity contribution in [3.63, 3.8) is 0 Å².